The normalized spacial score (nSPS) is 19.5. The number of aryl methyl sites for hydroxylation is 1. The number of furan rings is 1. The number of benzene rings is 7. The van der Waals surface area contributed by atoms with E-state index in [-0.39, 0.29) is 39.2 Å². The summed E-state index contributed by atoms with van der Waals surface area (Å²) in [4.78, 5) is 7.87. The van der Waals surface area contributed by atoms with Crippen LogP contribution < -0.4 is 31.3 Å². The van der Waals surface area contributed by atoms with Gasteiger partial charge in [-0.25, -0.2) is 0 Å². The second-order valence-electron chi connectivity index (χ2n) is 26.8. The number of hydrogen-bond donors (Lipinski definition) is 0. The molecule has 0 saturated carbocycles. The Bertz CT molecular complexity index is 3560. The van der Waals surface area contributed by atoms with E-state index in [9.17, 15) is 0 Å². The lowest BCUT2D eigenvalue weighted by Gasteiger charge is -2.57. The minimum atomic E-state index is -0.214. The molecule has 0 bridgehead atoms. The van der Waals surface area contributed by atoms with Crippen LogP contribution in [-0.2, 0) is 32.5 Å². The summed E-state index contributed by atoms with van der Waals surface area (Å²) >= 11 is 0. The Hall–Kier alpha value is -6.46. The third kappa shape index (κ3) is 6.52. The van der Waals surface area contributed by atoms with Crippen molar-refractivity contribution < 1.29 is 4.42 Å². The van der Waals surface area contributed by atoms with Gasteiger partial charge in [0.1, 0.15) is 5.58 Å². The molecule has 0 spiro atoms. The quantitative estimate of drug-likeness (QED) is 0.164. The van der Waals surface area contributed by atoms with Crippen molar-refractivity contribution in [2.45, 2.75) is 155 Å². The van der Waals surface area contributed by atoms with Crippen LogP contribution in [0.5, 0.6) is 0 Å². The summed E-state index contributed by atoms with van der Waals surface area (Å²) in [7, 11) is 0. The first kappa shape index (κ1) is 46.3. The highest BCUT2D eigenvalue weighted by molar-refractivity contribution is 7.00. The Labute approximate surface area is 435 Å². The predicted octanol–water partition coefficient (Wildman–Crippen LogP) is 16.9. The van der Waals surface area contributed by atoms with Crippen LogP contribution in [0.1, 0.15) is 160 Å². The van der Waals surface area contributed by atoms with Gasteiger partial charge >= 0.3 is 0 Å². The Morgan fingerprint density at radius 3 is 1.71 bits per heavy atom. The molecular formula is C68H72BN3O. The molecule has 5 heteroatoms. The first-order valence-corrected chi connectivity index (χ1v) is 27.2. The second kappa shape index (κ2) is 15.1. The van der Waals surface area contributed by atoms with Crippen molar-refractivity contribution in [2.24, 2.45) is 0 Å². The molecule has 0 N–H and O–H groups in total. The van der Waals surface area contributed by atoms with E-state index in [2.05, 4.69) is 245 Å². The molecule has 4 heterocycles. The number of fused-ring (bicyclic) bond motifs is 11. The van der Waals surface area contributed by atoms with Gasteiger partial charge in [0.25, 0.3) is 6.71 Å². The molecule has 1 atom stereocenters. The van der Waals surface area contributed by atoms with E-state index in [0.717, 1.165) is 64.3 Å². The summed E-state index contributed by atoms with van der Waals surface area (Å²) in [5.74, 6) is 0. The molecule has 0 amide bonds. The number of rotatable bonds is 4. The van der Waals surface area contributed by atoms with Gasteiger partial charge < -0.3 is 19.1 Å². The number of para-hydroxylation sites is 2. The highest BCUT2D eigenvalue weighted by Gasteiger charge is 2.57. The average Bonchev–Trinajstić information content (AvgIpc) is 3.73. The Morgan fingerprint density at radius 2 is 1.08 bits per heavy atom. The van der Waals surface area contributed by atoms with Crippen molar-refractivity contribution in [1.29, 1.82) is 0 Å². The van der Waals surface area contributed by atoms with E-state index in [0.29, 0.717) is 0 Å². The van der Waals surface area contributed by atoms with Gasteiger partial charge in [0.15, 0.2) is 0 Å². The zero-order valence-electron chi connectivity index (χ0n) is 45.9. The minimum Gasteiger partial charge on any atom is -0.468 e. The monoisotopic (exact) mass is 958 g/mol. The smallest absolute Gasteiger partial charge is 0.297 e. The maximum absolute atomic E-state index is 7.55. The van der Waals surface area contributed by atoms with Crippen molar-refractivity contribution in [3.63, 3.8) is 0 Å². The third-order valence-corrected chi connectivity index (χ3v) is 18.5. The molecule has 73 heavy (non-hydrogen) atoms. The van der Waals surface area contributed by atoms with Crippen LogP contribution >= 0.6 is 0 Å². The van der Waals surface area contributed by atoms with Gasteiger partial charge in [-0.1, -0.05) is 163 Å². The van der Waals surface area contributed by atoms with Crippen LogP contribution in [0.15, 0.2) is 138 Å². The van der Waals surface area contributed by atoms with Gasteiger partial charge in [0.2, 0.25) is 0 Å². The third-order valence-electron chi connectivity index (χ3n) is 18.5. The van der Waals surface area contributed by atoms with E-state index in [1.165, 1.54) is 67.9 Å². The summed E-state index contributed by atoms with van der Waals surface area (Å²) < 4.78 is 7.55. The molecule has 2 aliphatic carbocycles. The van der Waals surface area contributed by atoms with Crippen LogP contribution in [0.4, 0.5) is 51.2 Å². The van der Waals surface area contributed by atoms with Crippen LogP contribution in [0.3, 0.4) is 0 Å². The van der Waals surface area contributed by atoms with Crippen LogP contribution in [0.2, 0.25) is 0 Å². The maximum atomic E-state index is 7.55. The van der Waals surface area contributed by atoms with Crippen molar-refractivity contribution in [3.8, 4) is 0 Å². The Morgan fingerprint density at radius 1 is 0.507 bits per heavy atom. The molecule has 13 rings (SSSR count). The van der Waals surface area contributed by atoms with E-state index >= 15 is 0 Å². The molecule has 8 aromatic rings. The van der Waals surface area contributed by atoms with Gasteiger partial charge in [-0.2, -0.15) is 0 Å². The molecule has 1 unspecified atom stereocenters. The molecule has 0 saturated heterocycles. The highest BCUT2D eigenvalue weighted by atomic mass is 16.3. The van der Waals surface area contributed by atoms with Gasteiger partial charge in [-0.05, 0) is 176 Å². The van der Waals surface area contributed by atoms with Crippen molar-refractivity contribution >= 4 is 85.5 Å². The standard InChI is InChI=1S/C68H72BN3O/c1-41-37-50-55(67(12,13)34-33-66(50,10)11)57-59(41)72-53-40-47(70(44-21-17-15-18-22-44)45-23-19-16-20-24-45)39-52-58(53)69(51-31-30-49-56(61(51)72)68(57,14)36-35-65(49,8)9)62-60(48-38-43(64(5,6)7)27-32-54(48)73-62)71(52)46-28-25-42(26-29-46)63(2,3)4/h15-32,37-40H,33-36H2,1-14H3. The fourth-order valence-electron chi connectivity index (χ4n) is 14.3. The van der Waals surface area contributed by atoms with Crippen molar-refractivity contribution in [1.82, 2.24) is 0 Å². The second-order valence-corrected chi connectivity index (χ2v) is 26.8. The molecule has 3 aliphatic heterocycles. The first-order valence-electron chi connectivity index (χ1n) is 27.2. The molecule has 4 nitrogen and oxygen atoms in total. The van der Waals surface area contributed by atoms with Crippen molar-refractivity contribution in [2.75, 3.05) is 14.7 Å². The first-order chi connectivity index (χ1) is 34.5. The molecule has 368 valence electrons. The average molecular weight is 958 g/mol. The summed E-state index contributed by atoms with van der Waals surface area (Å²) in [6.45, 7) is 33.9. The van der Waals surface area contributed by atoms with E-state index in [1.54, 1.807) is 16.7 Å². The number of hydrogen-bond acceptors (Lipinski definition) is 4. The maximum Gasteiger partial charge on any atom is 0.297 e. The molecule has 5 aliphatic rings. The largest absolute Gasteiger partial charge is 0.468 e. The number of nitrogens with zero attached hydrogens (tertiary/aromatic N) is 3. The Balaban J connectivity index is 1.23. The van der Waals surface area contributed by atoms with Gasteiger partial charge in [-0.15, -0.1) is 0 Å². The van der Waals surface area contributed by atoms with Crippen LogP contribution in [0, 0.1) is 6.92 Å². The number of anilines is 9. The zero-order chi connectivity index (χ0) is 51.1. The topological polar surface area (TPSA) is 22.9 Å². The lowest BCUT2D eigenvalue weighted by molar-refractivity contribution is 0.311. The van der Waals surface area contributed by atoms with E-state index in [1.807, 2.05) is 0 Å². The molecule has 7 aromatic carbocycles. The molecular weight excluding hydrogens is 886 g/mol. The summed E-state index contributed by atoms with van der Waals surface area (Å²) in [6, 6.07) is 51.1. The fraction of sp³-hybridized carbons (Fsp3) is 0.353. The van der Waals surface area contributed by atoms with Crippen LogP contribution in [-0.4, -0.2) is 6.71 Å². The zero-order valence-corrected chi connectivity index (χ0v) is 45.9. The van der Waals surface area contributed by atoms with Gasteiger partial charge in [0, 0.05) is 44.9 Å². The Kier molecular flexibility index (Phi) is 9.58. The van der Waals surface area contributed by atoms with Crippen molar-refractivity contribution in [3.05, 3.63) is 178 Å². The summed E-state index contributed by atoms with van der Waals surface area (Å²) in [6.07, 6.45) is 4.57. The molecule has 1 aromatic heterocycles. The summed E-state index contributed by atoms with van der Waals surface area (Å²) in [5, 5.41) is 1.15. The predicted molar refractivity (Wildman–Crippen MR) is 311 cm³/mol. The molecule has 0 fully saturated rings. The van der Waals surface area contributed by atoms with Gasteiger partial charge in [-0.3, -0.25) is 0 Å². The minimum absolute atomic E-state index is 0.0000201. The lowest BCUT2D eigenvalue weighted by atomic mass is 9.34. The van der Waals surface area contributed by atoms with E-state index in [4.69, 9.17) is 4.42 Å². The lowest BCUT2D eigenvalue weighted by Crippen LogP contribution is -2.62. The SMILES string of the molecule is Cc1cc2c(c3c1N1c4cc(N(c5ccccc5)c5ccccc5)cc5c4B(c4ccc6c(c41)C3(C)CCC6(C)C)c1oc3ccc(C(C)(C)C)cc3c1N5c1ccc(C(C)(C)C)cc1)C(C)(C)CCC2(C)C. The van der Waals surface area contributed by atoms with Gasteiger partial charge in [0.05, 0.1) is 22.7 Å². The van der Waals surface area contributed by atoms with Crippen LogP contribution in [0.25, 0.3) is 11.0 Å². The summed E-state index contributed by atoms with van der Waals surface area (Å²) in [5.41, 5.74) is 26.8. The fourth-order valence-corrected chi connectivity index (χ4v) is 14.3. The van der Waals surface area contributed by atoms with E-state index < -0.39 is 0 Å². The highest BCUT2D eigenvalue weighted by Crippen LogP contribution is 2.65. The molecule has 0 radical (unpaired) electrons.